The zero-order valence-electron chi connectivity index (χ0n) is 14.1. The van der Waals surface area contributed by atoms with E-state index in [0.717, 1.165) is 27.3 Å². The highest BCUT2D eigenvalue weighted by Gasteiger charge is 2.39. The number of furan rings is 1. The Kier molecular flexibility index (Phi) is 4.11. The van der Waals surface area contributed by atoms with Crippen LogP contribution in [0.15, 0.2) is 52.5 Å². The first kappa shape index (κ1) is 16.6. The zero-order valence-corrected chi connectivity index (χ0v) is 14.9. The second kappa shape index (κ2) is 6.45. The van der Waals surface area contributed by atoms with Gasteiger partial charge in [0.15, 0.2) is 0 Å². The summed E-state index contributed by atoms with van der Waals surface area (Å²) in [6.45, 7) is 2.05. The summed E-state index contributed by atoms with van der Waals surface area (Å²) in [7, 11) is 0. The molecule has 4 rings (SSSR count). The second-order valence-electron chi connectivity index (χ2n) is 6.07. The van der Waals surface area contributed by atoms with Crippen LogP contribution in [0.4, 0.5) is 5.69 Å². The molecule has 1 atom stereocenters. The van der Waals surface area contributed by atoms with Gasteiger partial charge in [0, 0.05) is 27.8 Å². The van der Waals surface area contributed by atoms with Crippen molar-refractivity contribution >= 4 is 22.9 Å². The van der Waals surface area contributed by atoms with Gasteiger partial charge in [0.2, 0.25) is 11.7 Å². The Balaban J connectivity index is 1.91. The fraction of sp³-hybridized carbons (Fsp3) is 0.200. The number of hydrogen-bond acceptors (Lipinski definition) is 5. The van der Waals surface area contributed by atoms with Crippen LogP contribution in [0.5, 0.6) is 0 Å². The van der Waals surface area contributed by atoms with Gasteiger partial charge in [0.05, 0.1) is 0 Å². The molecule has 3 heterocycles. The first-order chi connectivity index (χ1) is 12.7. The van der Waals surface area contributed by atoms with Gasteiger partial charge in [0.25, 0.3) is 0 Å². The van der Waals surface area contributed by atoms with E-state index in [-0.39, 0.29) is 18.3 Å². The summed E-state index contributed by atoms with van der Waals surface area (Å²) < 4.78 is 11.4. The van der Waals surface area contributed by atoms with Crippen molar-refractivity contribution in [2.24, 2.45) is 0 Å². The number of ether oxygens (including phenoxy) is 1. The average Bonchev–Trinajstić information content (AvgIpc) is 3.33. The van der Waals surface area contributed by atoms with Crippen LogP contribution in [-0.4, -0.2) is 12.5 Å². The standard InChI is InChI=1S/C20H16N2O3S/c1-2-20(18-4-3-7-26-18)16-9-13(14-8-15(10-21)24-11-14)5-6-17(16)22-19(23)12-25-20/h3-9,11H,2,12H2,1H3,(H,22,23). The third-order valence-corrected chi connectivity index (χ3v) is 5.65. The van der Waals surface area contributed by atoms with Gasteiger partial charge in [-0.3, -0.25) is 4.79 Å². The Morgan fingerprint density at radius 3 is 2.88 bits per heavy atom. The van der Waals surface area contributed by atoms with E-state index in [9.17, 15) is 4.79 Å². The Bertz CT molecular complexity index is 1000. The second-order valence-corrected chi connectivity index (χ2v) is 7.01. The zero-order chi connectivity index (χ0) is 18.1. The minimum Gasteiger partial charge on any atom is -0.453 e. The highest BCUT2D eigenvalue weighted by atomic mass is 32.1. The van der Waals surface area contributed by atoms with E-state index < -0.39 is 5.60 Å². The van der Waals surface area contributed by atoms with E-state index in [0.29, 0.717) is 6.42 Å². The van der Waals surface area contributed by atoms with Crippen molar-refractivity contribution in [3.8, 4) is 17.2 Å². The summed E-state index contributed by atoms with van der Waals surface area (Å²) in [5.74, 6) is 0.0977. The third kappa shape index (κ3) is 2.62. The van der Waals surface area contributed by atoms with Crippen molar-refractivity contribution in [1.82, 2.24) is 0 Å². The van der Waals surface area contributed by atoms with Crippen molar-refractivity contribution in [3.63, 3.8) is 0 Å². The number of carbonyl (C=O) groups excluding carboxylic acids is 1. The number of nitrogens with one attached hydrogen (secondary N) is 1. The molecule has 26 heavy (non-hydrogen) atoms. The fourth-order valence-electron chi connectivity index (χ4n) is 3.34. The molecule has 0 spiro atoms. The molecule has 0 saturated heterocycles. The molecule has 1 aliphatic rings. The number of nitrogens with zero attached hydrogens (tertiary/aromatic N) is 1. The van der Waals surface area contributed by atoms with E-state index in [4.69, 9.17) is 14.4 Å². The van der Waals surface area contributed by atoms with Crippen molar-refractivity contribution in [3.05, 3.63) is 64.2 Å². The molecular formula is C20H16N2O3S. The lowest BCUT2D eigenvalue weighted by Gasteiger charge is -2.32. The molecule has 1 amide bonds. The topological polar surface area (TPSA) is 75.3 Å². The van der Waals surface area contributed by atoms with Crippen molar-refractivity contribution in [2.45, 2.75) is 18.9 Å². The molecule has 0 aliphatic carbocycles. The largest absolute Gasteiger partial charge is 0.453 e. The molecule has 1 aromatic carbocycles. The van der Waals surface area contributed by atoms with Crippen LogP contribution >= 0.6 is 11.3 Å². The van der Waals surface area contributed by atoms with Crippen molar-refractivity contribution < 1.29 is 13.9 Å². The lowest BCUT2D eigenvalue weighted by atomic mass is 9.86. The van der Waals surface area contributed by atoms with Gasteiger partial charge in [-0.1, -0.05) is 19.1 Å². The fourth-order valence-corrected chi connectivity index (χ4v) is 4.31. The molecule has 0 fully saturated rings. The molecule has 130 valence electrons. The smallest absolute Gasteiger partial charge is 0.250 e. The van der Waals surface area contributed by atoms with Crippen LogP contribution in [-0.2, 0) is 15.1 Å². The number of rotatable bonds is 3. The molecular weight excluding hydrogens is 348 g/mol. The maximum absolute atomic E-state index is 12.1. The summed E-state index contributed by atoms with van der Waals surface area (Å²) in [5, 5.41) is 13.9. The minimum atomic E-state index is -0.694. The maximum atomic E-state index is 12.1. The lowest BCUT2D eigenvalue weighted by Crippen LogP contribution is -2.30. The Morgan fingerprint density at radius 1 is 1.31 bits per heavy atom. The van der Waals surface area contributed by atoms with Crippen LogP contribution in [0.25, 0.3) is 11.1 Å². The van der Waals surface area contributed by atoms with Gasteiger partial charge < -0.3 is 14.5 Å². The molecule has 1 aliphatic heterocycles. The molecule has 2 aromatic heterocycles. The number of carbonyl (C=O) groups is 1. The number of thiophene rings is 1. The number of nitriles is 1. The van der Waals surface area contributed by atoms with E-state index >= 15 is 0 Å². The summed E-state index contributed by atoms with van der Waals surface area (Å²) in [6.07, 6.45) is 2.25. The lowest BCUT2D eigenvalue weighted by molar-refractivity contribution is -0.125. The summed E-state index contributed by atoms with van der Waals surface area (Å²) in [6, 6.07) is 13.5. The summed E-state index contributed by atoms with van der Waals surface area (Å²) in [4.78, 5) is 13.2. The van der Waals surface area contributed by atoms with Crippen molar-refractivity contribution in [2.75, 3.05) is 11.9 Å². The molecule has 0 saturated carbocycles. The SMILES string of the molecule is CCC1(c2cccs2)OCC(=O)Nc2ccc(-c3coc(C#N)c3)cc21. The highest BCUT2D eigenvalue weighted by molar-refractivity contribution is 7.10. The summed E-state index contributed by atoms with van der Waals surface area (Å²) in [5.41, 5.74) is 2.68. The molecule has 3 aromatic rings. The third-order valence-electron chi connectivity index (χ3n) is 4.64. The quantitative estimate of drug-likeness (QED) is 0.742. The summed E-state index contributed by atoms with van der Waals surface area (Å²) >= 11 is 1.61. The van der Waals surface area contributed by atoms with Crippen LogP contribution in [0.2, 0.25) is 0 Å². The first-order valence-electron chi connectivity index (χ1n) is 8.27. The van der Waals surface area contributed by atoms with Crippen LogP contribution < -0.4 is 5.32 Å². The van der Waals surface area contributed by atoms with E-state index in [1.54, 1.807) is 23.7 Å². The number of anilines is 1. The van der Waals surface area contributed by atoms with Gasteiger partial charge in [-0.25, -0.2) is 0 Å². The normalized spacial score (nSPS) is 19.3. The van der Waals surface area contributed by atoms with Crippen LogP contribution in [0.1, 0.15) is 29.5 Å². The highest BCUT2D eigenvalue weighted by Crippen LogP contribution is 2.45. The Labute approximate surface area is 154 Å². The average molecular weight is 364 g/mol. The van der Waals surface area contributed by atoms with Gasteiger partial charge in [-0.15, -0.1) is 11.3 Å². The molecule has 0 bridgehead atoms. The number of benzene rings is 1. The van der Waals surface area contributed by atoms with Crippen molar-refractivity contribution in [1.29, 1.82) is 5.26 Å². The van der Waals surface area contributed by atoms with Crippen LogP contribution in [0.3, 0.4) is 0 Å². The van der Waals surface area contributed by atoms with Crippen LogP contribution in [0, 0.1) is 11.3 Å². The van der Waals surface area contributed by atoms with Gasteiger partial charge in [-0.2, -0.15) is 5.26 Å². The van der Waals surface area contributed by atoms with Gasteiger partial charge >= 0.3 is 0 Å². The van der Waals surface area contributed by atoms with E-state index in [1.165, 1.54) is 0 Å². The molecule has 0 radical (unpaired) electrons. The van der Waals surface area contributed by atoms with Gasteiger partial charge in [-0.05, 0) is 35.6 Å². The predicted molar refractivity (Wildman–Crippen MR) is 98.8 cm³/mol. The minimum absolute atomic E-state index is 0.0000438. The maximum Gasteiger partial charge on any atom is 0.250 e. The van der Waals surface area contributed by atoms with Gasteiger partial charge in [0.1, 0.15) is 24.5 Å². The predicted octanol–water partition coefficient (Wildman–Crippen LogP) is 4.50. The van der Waals surface area contributed by atoms with E-state index in [2.05, 4.69) is 12.2 Å². The Morgan fingerprint density at radius 2 is 2.19 bits per heavy atom. The molecule has 6 heteroatoms. The number of amides is 1. The monoisotopic (exact) mass is 364 g/mol. The molecule has 5 nitrogen and oxygen atoms in total. The molecule has 1 N–H and O–H groups in total. The Hall–Kier alpha value is -2.88. The molecule has 1 unspecified atom stereocenters. The number of hydrogen-bond donors (Lipinski definition) is 1. The number of fused-ring (bicyclic) bond motifs is 1. The van der Waals surface area contributed by atoms with E-state index in [1.807, 2.05) is 41.8 Å². The first-order valence-corrected chi connectivity index (χ1v) is 9.15.